The Bertz CT molecular complexity index is 967. The van der Waals surface area contributed by atoms with Gasteiger partial charge in [0.15, 0.2) is 10.9 Å². The zero-order valence-corrected chi connectivity index (χ0v) is 13.7. The normalized spacial score (nSPS) is 11.8. The Balaban J connectivity index is 2.11. The summed E-state index contributed by atoms with van der Waals surface area (Å²) < 4.78 is 31.3. The molecule has 114 valence electrons. The first kappa shape index (κ1) is 15.1. The van der Waals surface area contributed by atoms with Crippen molar-refractivity contribution in [3.05, 3.63) is 52.9 Å². The van der Waals surface area contributed by atoms with Crippen LogP contribution >= 0.6 is 23.2 Å². The topological polar surface area (TPSA) is 61.2 Å². The van der Waals surface area contributed by atoms with Gasteiger partial charge in [-0.25, -0.2) is 4.98 Å². The number of nitrogens with zero attached hydrogens (tertiary/aromatic N) is 2. The second-order valence-corrected chi connectivity index (χ2v) is 6.81. The lowest BCUT2D eigenvalue weighted by Crippen LogP contribution is -2.11. The van der Waals surface area contributed by atoms with Gasteiger partial charge in [-0.1, -0.05) is 47.5 Å². The van der Waals surface area contributed by atoms with Crippen molar-refractivity contribution in [2.45, 2.75) is 5.03 Å². The van der Waals surface area contributed by atoms with E-state index < -0.39 is 10.1 Å². The minimum atomic E-state index is -4.13. The van der Waals surface area contributed by atoms with Gasteiger partial charge in [-0.2, -0.15) is 8.42 Å². The molecule has 8 heteroatoms. The molecule has 0 spiro atoms. The number of rotatable bonds is 3. The molecule has 5 nitrogen and oxygen atoms in total. The van der Waals surface area contributed by atoms with Crippen LogP contribution in [0.4, 0.5) is 0 Å². The molecular formula is C14H10Cl2N2O3S. The molecule has 1 heterocycles. The molecule has 0 fully saturated rings. The van der Waals surface area contributed by atoms with Gasteiger partial charge in [0, 0.05) is 22.8 Å². The Labute approximate surface area is 137 Å². The van der Waals surface area contributed by atoms with E-state index in [-0.39, 0.29) is 15.9 Å². The lowest BCUT2D eigenvalue weighted by atomic mass is 10.1. The summed E-state index contributed by atoms with van der Waals surface area (Å²) in [7, 11) is -2.55. The number of imidazole rings is 1. The minimum absolute atomic E-state index is 0.0155. The number of aromatic nitrogens is 2. The zero-order chi connectivity index (χ0) is 15.9. The molecule has 0 N–H and O–H groups in total. The fourth-order valence-electron chi connectivity index (χ4n) is 2.03. The SMILES string of the molecule is Cn1cnc(S(=O)(=O)Oc2ccc(Cl)c3ccccc23)c1Cl. The van der Waals surface area contributed by atoms with E-state index in [2.05, 4.69) is 4.98 Å². The van der Waals surface area contributed by atoms with Crippen LogP contribution in [-0.2, 0) is 17.2 Å². The third-order valence-corrected chi connectivity index (χ3v) is 5.16. The molecule has 0 unspecified atom stereocenters. The summed E-state index contributed by atoms with van der Waals surface area (Å²) in [5.41, 5.74) is 0. The van der Waals surface area contributed by atoms with Crippen LogP contribution < -0.4 is 4.18 Å². The summed E-state index contributed by atoms with van der Waals surface area (Å²) in [5, 5.41) is 1.46. The molecule has 22 heavy (non-hydrogen) atoms. The molecule has 0 radical (unpaired) electrons. The largest absolute Gasteiger partial charge is 0.377 e. The maximum absolute atomic E-state index is 12.3. The molecule has 0 atom stereocenters. The van der Waals surface area contributed by atoms with Crippen molar-refractivity contribution in [1.29, 1.82) is 0 Å². The van der Waals surface area contributed by atoms with Gasteiger partial charge < -0.3 is 8.75 Å². The van der Waals surface area contributed by atoms with E-state index in [1.54, 1.807) is 31.3 Å². The minimum Gasteiger partial charge on any atom is -0.377 e. The van der Waals surface area contributed by atoms with Crippen molar-refractivity contribution >= 4 is 44.1 Å². The smallest absolute Gasteiger partial charge is 0.360 e. The van der Waals surface area contributed by atoms with E-state index in [9.17, 15) is 8.42 Å². The van der Waals surface area contributed by atoms with Crippen molar-refractivity contribution in [1.82, 2.24) is 9.55 Å². The van der Waals surface area contributed by atoms with Crippen molar-refractivity contribution in [3.8, 4) is 5.75 Å². The summed E-state index contributed by atoms with van der Waals surface area (Å²) in [6, 6.07) is 10.2. The first-order valence-electron chi connectivity index (χ1n) is 6.19. The summed E-state index contributed by atoms with van der Waals surface area (Å²) in [5.74, 6) is 0.168. The van der Waals surface area contributed by atoms with Crippen LogP contribution in [0.2, 0.25) is 10.2 Å². The van der Waals surface area contributed by atoms with Gasteiger partial charge in [0.25, 0.3) is 0 Å². The number of hydrogen-bond donors (Lipinski definition) is 0. The molecular weight excluding hydrogens is 347 g/mol. The lowest BCUT2D eigenvalue weighted by molar-refractivity contribution is 0.485. The molecule has 0 saturated carbocycles. The van der Waals surface area contributed by atoms with Crippen molar-refractivity contribution in [2.75, 3.05) is 0 Å². The highest BCUT2D eigenvalue weighted by molar-refractivity contribution is 7.87. The number of fused-ring (bicyclic) bond motifs is 1. The summed E-state index contributed by atoms with van der Waals surface area (Å²) in [6.07, 6.45) is 1.30. The van der Waals surface area contributed by atoms with Gasteiger partial charge >= 0.3 is 10.1 Å². The van der Waals surface area contributed by atoms with Crippen LogP contribution in [0.15, 0.2) is 47.8 Å². The Kier molecular flexibility index (Phi) is 3.76. The first-order valence-corrected chi connectivity index (χ1v) is 8.35. The van der Waals surface area contributed by atoms with E-state index >= 15 is 0 Å². The first-order chi connectivity index (χ1) is 10.4. The van der Waals surface area contributed by atoms with Crippen molar-refractivity contribution in [3.63, 3.8) is 0 Å². The fraction of sp³-hybridized carbons (Fsp3) is 0.0714. The van der Waals surface area contributed by atoms with Crippen LogP contribution in [0.1, 0.15) is 0 Å². The standard InChI is InChI=1S/C14H10Cl2N2O3S/c1-18-8-17-14(13(18)16)22(19,20)21-12-7-6-11(15)9-4-2-3-5-10(9)12/h2-8H,1H3. The average molecular weight is 357 g/mol. The van der Waals surface area contributed by atoms with E-state index in [1.807, 2.05) is 6.07 Å². The lowest BCUT2D eigenvalue weighted by Gasteiger charge is -2.09. The number of hydrogen-bond acceptors (Lipinski definition) is 4. The number of halogens is 2. The molecule has 0 aliphatic rings. The number of aryl methyl sites for hydroxylation is 1. The Morgan fingerprint density at radius 2 is 1.77 bits per heavy atom. The molecule has 3 rings (SSSR count). The third kappa shape index (κ3) is 2.54. The monoisotopic (exact) mass is 356 g/mol. The average Bonchev–Trinajstić information content (AvgIpc) is 2.83. The summed E-state index contributed by atoms with van der Waals surface area (Å²) in [6.45, 7) is 0. The second kappa shape index (κ2) is 5.46. The maximum Gasteiger partial charge on any atom is 0.360 e. The van der Waals surface area contributed by atoms with Crippen LogP contribution in [0.25, 0.3) is 10.8 Å². The second-order valence-electron chi connectivity index (χ2n) is 4.58. The zero-order valence-electron chi connectivity index (χ0n) is 11.3. The van der Waals surface area contributed by atoms with Crippen LogP contribution in [0.5, 0.6) is 5.75 Å². The molecule has 0 amide bonds. The Hall–Kier alpha value is -1.76. The molecule has 0 bridgehead atoms. The van der Waals surface area contributed by atoms with E-state index in [1.165, 1.54) is 17.0 Å². The van der Waals surface area contributed by atoms with Gasteiger partial charge in [-0.05, 0) is 12.1 Å². The van der Waals surface area contributed by atoms with Gasteiger partial charge in [-0.15, -0.1) is 0 Å². The highest BCUT2D eigenvalue weighted by atomic mass is 35.5. The Morgan fingerprint density at radius 3 is 2.41 bits per heavy atom. The van der Waals surface area contributed by atoms with Gasteiger partial charge in [0.1, 0.15) is 0 Å². The predicted octanol–water partition coefficient (Wildman–Crippen LogP) is 3.65. The molecule has 0 aliphatic carbocycles. The van der Waals surface area contributed by atoms with Gasteiger partial charge in [0.05, 0.1) is 6.33 Å². The van der Waals surface area contributed by atoms with Crippen LogP contribution in [-0.4, -0.2) is 18.0 Å². The highest BCUT2D eigenvalue weighted by Crippen LogP contribution is 2.33. The quantitative estimate of drug-likeness (QED) is 0.672. The highest BCUT2D eigenvalue weighted by Gasteiger charge is 2.25. The molecule has 1 aromatic heterocycles. The maximum atomic E-state index is 12.3. The molecule has 0 saturated heterocycles. The van der Waals surface area contributed by atoms with Crippen LogP contribution in [0, 0.1) is 0 Å². The van der Waals surface area contributed by atoms with Crippen molar-refractivity contribution in [2.24, 2.45) is 7.05 Å². The van der Waals surface area contributed by atoms with Gasteiger partial charge in [-0.3, -0.25) is 0 Å². The van der Waals surface area contributed by atoms with E-state index in [0.717, 1.165) is 0 Å². The Morgan fingerprint density at radius 1 is 1.09 bits per heavy atom. The van der Waals surface area contributed by atoms with E-state index in [0.29, 0.717) is 15.8 Å². The molecule has 0 aliphatic heterocycles. The fourth-order valence-corrected chi connectivity index (χ4v) is 3.62. The summed E-state index contributed by atoms with van der Waals surface area (Å²) in [4.78, 5) is 3.77. The molecule has 2 aromatic carbocycles. The summed E-state index contributed by atoms with van der Waals surface area (Å²) >= 11 is 12.0. The molecule has 3 aromatic rings. The van der Waals surface area contributed by atoms with E-state index in [4.69, 9.17) is 27.4 Å². The third-order valence-electron chi connectivity index (χ3n) is 3.10. The van der Waals surface area contributed by atoms with Gasteiger partial charge in [0.2, 0.25) is 5.03 Å². The predicted molar refractivity (Wildman–Crippen MR) is 85.0 cm³/mol. The van der Waals surface area contributed by atoms with Crippen LogP contribution in [0.3, 0.4) is 0 Å². The van der Waals surface area contributed by atoms with Crippen molar-refractivity contribution < 1.29 is 12.6 Å². The number of benzene rings is 2.